The predicted molar refractivity (Wildman–Crippen MR) is 57.6 cm³/mol. The minimum atomic E-state index is -0.886. The summed E-state index contributed by atoms with van der Waals surface area (Å²) >= 11 is 1.63. The Balaban J connectivity index is 2.66. The molecule has 0 saturated carbocycles. The molecule has 1 rings (SSSR count). The number of thiophene rings is 1. The van der Waals surface area contributed by atoms with E-state index in [1.54, 1.807) is 25.2 Å². The second-order valence-electron chi connectivity index (χ2n) is 3.81. The lowest BCUT2D eigenvalue weighted by molar-refractivity contribution is -0.143. The van der Waals surface area contributed by atoms with Gasteiger partial charge >= 0.3 is 5.97 Å². The van der Waals surface area contributed by atoms with Gasteiger partial charge in [-0.1, -0.05) is 6.07 Å². The Bertz CT molecular complexity index is 306. The van der Waals surface area contributed by atoms with E-state index in [4.69, 9.17) is 5.11 Å². The second kappa shape index (κ2) is 4.11. The Morgan fingerprint density at radius 3 is 2.71 bits per heavy atom. The summed E-state index contributed by atoms with van der Waals surface area (Å²) in [6.45, 7) is 5.30. The molecule has 78 valence electrons. The van der Waals surface area contributed by atoms with E-state index in [0.29, 0.717) is 0 Å². The largest absolute Gasteiger partial charge is 0.480 e. The maximum absolute atomic E-state index is 10.9. The third kappa shape index (κ3) is 2.56. The fourth-order valence-corrected chi connectivity index (χ4v) is 1.95. The van der Waals surface area contributed by atoms with Gasteiger partial charge in [0.1, 0.15) is 5.54 Å². The molecule has 0 aliphatic heterocycles. The third-order valence-electron chi connectivity index (χ3n) is 2.08. The summed E-state index contributed by atoms with van der Waals surface area (Å²) in [6.07, 6.45) is 0. The summed E-state index contributed by atoms with van der Waals surface area (Å²) in [5.41, 5.74) is -0.886. The molecule has 0 aromatic carbocycles. The molecule has 0 radical (unpaired) electrons. The van der Waals surface area contributed by atoms with Gasteiger partial charge in [0.25, 0.3) is 0 Å². The Morgan fingerprint density at radius 1 is 1.64 bits per heavy atom. The third-order valence-corrected chi connectivity index (χ3v) is 3.14. The first-order valence-corrected chi connectivity index (χ1v) is 5.36. The van der Waals surface area contributed by atoms with Gasteiger partial charge in [-0.25, -0.2) is 0 Å². The first kappa shape index (κ1) is 11.2. The van der Waals surface area contributed by atoms with Crippen LogP contribution in [-0.4, -0.2) is 16.6 Å². The quantitative estimate of drug-likeness (QED) is 0.806. The van der Waals surface area contributed by atoms with Crippen molar-refractivity contribution in [3.05, 3.63) is 22.4 Å². The number of aliphatic carboxylic acids is 1. The van der Waals surface area contributed by atoms with Crippen molar-refractivity contribution in [1.82, 2.24) is 5.32 Å². The molecular formula is C10H15NO2S. The van der Waals surface area contributed by atoms with E-state index in [0.717, 1.165) is 4.88 Å². The summed E-state index contributed by atoms with van der Waals surface area (Å²) in [6, 6.07) is 4.03. The highest BCUT2D eigenvalue weighted by molar-refractivity contribution is 7.10. The molecule has 0 saturated heterocycles. The Morgan fingerprint density at radius 2 is 2.29 bits per heavy atom. The first-order valence-electron chi connectivity index (χ1n) is 4.48. The average Bonchev–Trinajstić information content (AvgIpc) is 2.54. The molecule has 0 amide bonds. The van der Waals surface area contributed by atoms with Crippen molar-refractivity contribution in [3.63, 3.8) is 0 Å². The zero-order chi connectivity index (χ0) is 10.8. The van der Waals surface area contributed by atoms with Crippen LogP contribution in [0.25, 0.3) is 0 Å². The standard InChI is InChI=1S/C10H15NO2S/c1-7(8-5-4-6-14-8)11-10(2,3)9(12)13/h4-7,11H,1-3H3,(H,12,13). The molecule has 2 N–H and O–H groups in total. The highest BCUT2D eigenvalue weighted by Gasteiger charge is 2.28. The van der Waals surface area contributed by atoms with E-state index in [-0.39, 0.29) is 6.04 Å². The van der Waals surface area contributed by atoms with Gasteiger partial charge < -0.3 is 5.11 Å². The van der Waals surface area contributed by atoms with Gasteiger partial charge in [0.05, 0.1) is 0 Å². The van der Waals surface area contributed by atoms with Gasteiger partial charge in [-0.05, 0) is 32.2 Å². The molecule has 14 heavy (non-hydrogen) atoms. The topological polar surface area (TPSA) is 49.3 Å². The monoisotopic (exact) mass is 213 g/mol. The lowest BCUT2D eigenvalue weighted by Crippen LogP contribution is -2.47. The molecule has 0 fully saturated rings. The zero-order valence-corrected chi connectivity index (χ0v) is 9.39. The van der Waals surface area contributed by atoms with E-state index in [2.05, 4.69) is 5.32 Å². The summed E-state index contributed by atoms with van der Waals surface area (Å²) in [5.74, 6) is -0.832. The molecule has 1 unspecified atom stereocenters. The summed E-state index contributed by atoms with van der Waals surface area (Å²) in [4.78, 5) is 12.0. The number of hydrogen-bond donors (Lipinski definition) is 2. The minimum absolute atomic E-state index is 0.0705. The SMILES string of the molecule is CC(NC(C)(C)C(=O)O)c1cccs1. The van der Waals surface area contributed by atoms with Crippen LogP contribution in [0.5, 0.6) is 0 Å². The van der Waals surface area contributed by atoms with Crippen molar-refractivity contribution in [2.24, 2.45) is 0 Å². The van der Waals surface area contributed by atoms with E-state index in [1.807, 2.05) is 24.4 Å². The van der Waals surface area contributed by atoms with Crippen molar-refractivity contribution in [2.45, 2.75) is 32.4 Å². The maximum Gasteiger partial charge on any atom is 0.323 e. The second-order valence-corrected chi connectivity index (χ2v) is 4.79. The van der Waals surface area contributed by atoms with Crippen LogP contribution in [0.15, 0.2) is 17.5 Å². The number of hydrogen-bond acceptors (Lipinski definition) is 3. The van der Waals surface area contributed by atoms with Gasteiger partial charge in [-0.15, -0.1) is 11.3 Å². The molecule has 0 bridgehead atoms. The molecular weight excluding hydrogens is 198 g/mol. The molecule has 0 aliphatic carbocycles. The van der Waals surface area contributed by atoms with Gasteiger partial charge in [-0.2, -0.15) is 0 Å². The lowest BCUT2D eigenvalue weighted by Gasteiger charge is -2.25. The van der Waals surface area contributed by atoms with Crippen molar-refractivity contribution >= 4 is 17.3 Å². The fourth-order valence-electron chi connectivity index (χ4n) is 1.21. The molecule has 1 atom stereocenters. The van der Waals surface area contributed by atoms with Crippen LogP contribution in [0.1, 0.15) is 31.7 Å². The predicted octanol–water partition coefficient (Wildman–Crippen LogP) is 2.26. The van der Waals surface area contributed by atoms with Gasteiger partial charge in [0, 0.05) is 10.9 Å². The lowest BCUT2D eigenvalue weighted by atomic mass is 10.0. The molecule has 0 spiro atoms. The Hall–Kier alpha value is -0.870. The number of carboxylic acid groups (broad SMARTS) is 1. The molecule has 4 heteroatoms. The minimum Gasteiger partial charge on any atom is -0.480 e. The first-order chi connectivity index (χ1) is 6.43. The molecule has 0 aliphatic rings. The number of carbonyl (C=O) groups is 1. The van der Waals surface area contributed by atoms with E-state index in [9.17, 15) is 4.79 Å². The van der Waals surface area contributed by atoms with Crippen LogP contribution < -0.4 is 5.32 Å². The van der Waals surface area contributed by atoms with Crippen LogP contribution in [0.2, 0.25) is 0 Å². The highest BCUT2D eigenvalue weighted by Crippen LogP contribution is 2.20. The van der Waals surface area contributed by atoms with Crippen LogP contribution in [0.3, 0.4) is 0 Å². The van der Waals surface area contributed by atoms with Gasteiger partial charge in [0.2, 0.25) is 0 Å². The summed E-state index contributed by atoms with van der Waals surface area (Å²) in [5, 5.41) is 14.0. The molecule has 1 heterocycles. The molecule has 1 aromatic heterocycles. The molecule has 1 aromatic rings. The maximum atomic E-state index is 10.9. The Labute approximate surface area is 87.8 Å². The Kier molecular flexibility index (Phi) is 3.29. The summed E-state index contributed by atoms with van der Waals surface area (Å²) in [7, 11) is 0. The van der Waals surface area contributed by atoms with Crippen LogP contribution >= 0.6 is 11.3 Å². The van der Waals surface area contributed by atoms with Gasteiger partial charge in [0.15, 0.2) is 0 Å². The van der Waals surface area contributed by atoms with Gasteiger partial charge in [-0.3, -0.25) is 10.1 Å². The van der Waals surface area contributed by atoms with E-state index >= 15 is 0 Å². The van der Waals surface area contributed by atoms with Crippen molar-refractivity contribution < 1.29 is 9.90 Å². The number of nitrogens with one attached hydrogen (secondary N) is 1. The van der Waals surface area contributed by atoms with Crippen molar-refractivity contribution in [1.29, 1.82) is 0 Å². The summed E-state index contributed by atoms with van der Waals surface area (Å²) < 4.78 is 0. The van der Waals surface area contributed by atoms with E-state index < -0.39 is 11.5 Å². The van der Waals surface area contributed by atoms with Crippen LogP contribution in [-0.2, 0) is 4.79 Å². The zero-order valence-electron chi connectivity index (χ0n) is 8.57. The fraction of sp³-hybridized carbons (Fsp3) is 0.500. The van der Waals surface area contributed by atoms with E-state index in [1.165, 1.54) is 0 Å². The highest BCUT2D eigenvalue weighted by atomic mass is 32.1. The van der Waals surface area contributed by atoms with Crippen molar-refractivity contribution in [2.75, 3.05) is 0 Å². The number of rotatable bonds is 4. The molecule has 3 nitrogen and oxygen atoms in total. The van der Waals surface area contributed by atoms with Crippen LogP contribution in [0, 0.1) is 0 Å². The van der Waals surface area contributed by atoms with Crippen LogP contribution in [0.4, 0.5) is 0 Å². The smallest absolute Gasteiger partial charge is 0.323 e. The average molecular weight is 213 g/mol. The normalized spacial score (nSPS) is 13.9. The van der Waals surface area contributed by atoms with Crippen molar-refractivity contribution in [3.8, 4) is 0 Å². The number of carboxylic acids is 1.